The van der Waals surface area contributed by atoms with E-state index < -0.39 is 0 Å². The molecule has 2 fully saturated rings. The van der Waals surface area contributed by atoms with E-state index in [2.05, 4.69) is 24.4 Å². The van der Waals surface area contributed by atoms with Gasteiger partial charge in [0, 0.05) is 34.9 Å². The first-order chi connectivity index (χ1) is 8.86. The van der Waals surface area contributed by atoms with Gasteiger partial charge in [0.25, 0.3) is 0 Å². The van der Waals surface area contributed by atoms with Crippen LogP contribution in [0.15, 0.2) is 12.1 Å². The molecule has 18 heavy (non-hydrogen) atoms. The van der Waals surface area contributed by atoms with Crippen LogP contribution in [0.2, 0.25) is 0 Å². The Hall–Kier alpha value is -0.380. The molecule has 2 nitrogen and oxygen atoms in total. The number of rotatable bonds is 5. The molecule has 100 valence electrons. The third-order valence-corrected chi connectivity index (χ3v) is 5.29. The molecular weight excluding hydrogens is 242 g/mol. The van der Waals surface area contributed by atoms with E-state index in [9.17, 15) is 0 Å². The van der Waals surface area contributed by atoms with Crippen molar-refractivity contribution in [3.8, 4) is 0 Å². The molecule has 0 amide bonds. The lowest BCUT2D eigenvalue weighted by Crippen LogP contribution is -2.32. The average Bonchev–Trinajstić information content (AvgIpc) is 3.12. The molecule has 1 aromatic heterocycles. The summed E-state index contributed by atoms with van der Waals surface area (Å²) in [6, 6.07) is 5.36. The lowest BCUT2D eigenvalue weighted by molar-refractivity contribution is -0.0257. The van der Waals surface area contributed by atoms with Crippen LogP contribution in [0.3, 0.4) is 0 Å². The second-order valence-corrected chi connectivity index (χ2v) is 6.73. The Morgan fingerprint density at radius 2 is 2.22 bits per heavy atom. The fourth-order valence-corrected chi connectivity index (χ4v) is 3.81. The minimum atomic E-state index is 0.343. The standard InChI is InChI=1S/C15H23NOS/c1-2-13-7-8-14(18-13)15-11(4-3-9-17-15)10-16-12-5-6-12/h7-8,11-12,15-16H,2-6,9-10H2,1H3. The topological polar surface area (TPSA) is 21.3 Å². The summed E-state index contributed by atoms with van der Waals surface area (Å²) < 4.78 is 6.06. The van der Waals surface area contributed by atoms with Gasteiger partial charge in [-0.15, -0.1) is 11.3 Å². The fourth-order valence-electron chi connectivity index (χ4n) is 2.71. The number of hydrogen-bond donors (Lipinski definition) is 1. The second kappa shape index (κ2) is 5.72. The van der Waals surface area contributed by atoms with Gasteiger partial charge in [-0.25, -0.2) is 0 Å². The van der Waals surface area contributed by atoms with Crippen molar-refractivity contribution in [1.29, 1.82) is 0 Å². The highest BCUT2D eigenvalue weighted by Gasteiger charge is 2.30. The van der Waals surface area contributed by atoms with Gasteiger partial charge in [0.1, 0.15) is 0 Å². The zero-order valence-electron chi connectivity index (χ0n) is 11.2. The van der Waals surface area contributed by atoms with Crippen molar-refractivity contribution in [1.82, 2.24) is 5.32 Å². The molecule has 2 atom stereocenters. The molecule has 1 N–H and O–H groups in total. The summed E-state index contributed by atoms with van der Waals surface area (Å²) in [5, 5.41) is 3.67. The summed E-state index contributed by atoms with van der Waals surface area (Å²) in [7, 11) is 0. The number of aryl methyl sites for hydroxylation is 1. The van der Waals surface area contributed by atoms with Crippen molar-refractivity contribution in [3.05, 3.63) is 21.9 Å². The predicted octanol–water partition coefficient (Wildman–Crippen LogP) is 3.53. The van der Waals surface area contributed by atoms with Crippen molar-refractivity contribution in [3.63, 3.8) is 0 Å². The molecule has 1 aliphatic heterocycles. The highest BCUT2D eigenvalue weighted by Crippen LogP contribution is 2.37. The lowest BCUT2D eigenvalue weighted by Gasteiger charge is -2.31. The normalized spacial score (nSPS) is 28.5. The van der Waals surface area contributed by atoms with Crippen LogP contribution in [0.5, 0.6) is 0 Å². The Morgan fingerprint density at radius 1 is 1.33 bits per heavy atom. The molecule has 2 aliphatic rings. The van der Waals surface area contributed by atoms with Gasteiger partial charge in [0.15, 0.2) is 0 Å². The van der Waals surface area contributed by atoms with Crippen molar-refractivity contribution in [2.45, 2.75) is 51.2 Å². The smallest absolute Gasteiger partial charge is 0.0956 e. The Labute approximate surface area is 114 Å². The zero-order valence-corrected chi connectivity index (χ0v) is 12.0. The zero-order chi connectivity index (χ0) is 12.4. The highest BCUT2D eigenvalue weighted by atomic mass is 32.1. The van der Waals surface area contributed by atoms with Gasteiger partial charge in [-0.3, -0.25) is 0 Å². The maximum Gasteiger partial charge on any atom is 0.0956 e. The summed E-state index contributed by atoms with van der Waals surface area (Å²) in [6.07, 6.45) is 6.76. The highest BCUT2D eigenvalue weighted by molar-refractivity contribution is 7.12. The summed E-state index contributed by atoms with van der Waals surface area (Å²) in [5.41, 5.74) is 0. The Kier molecular flexibility index (Phi) is 4.02. The van der Waals surface area contributed by atoms with Gasteiger partial charge in [0.2, 0.25) is 0 Å². The summed E-state index contributed by atoms with van der Waals surface area (Å²) >= 11 is 1.94. The monoisotopic (exact) mass is 265 g/mol. The summed E-state index contributed by atoms with van der Waals surface area (Å²) in [4.78, 5) is 2.92. The van der Waals surface area contributed by atoms with Gasteiger partial charge in [-0.05, 0) is 44.2 Å². The quantitative estimate of drug-likeness (QED) is 0.879. The van der Waals surface area contributed by atoms with Gasteiger partial charge in [-0.2, -0.15) is 0 Å². The van der Waals surface area contributed by atoms with Crippen molar-refractivity contribution >= 4 is 11.3 Å². The molecule has 1 saturated heterocycles. The maximum absolute atomic E-state index is 6.06. The van der Waals surface area contributed by atoms with Crippen LogP contribution in [0.1, 0.15) is 48.5 Å². The molecule has 2 heterocycles. The lowest BCUT2D eigenvalue weighted by atomic mass is 9.93. The summed E-state index contributed by atoms with van der Waals surface area (Å²) in [6.45, 7) is 4.29. The maximum atomic E-state index is 6.06. The first-order valence-corrected chi connectivity index (χ1v) is 8.12. The van der Waals surface area contributed by atoms with Gasteiger partial charge < -0.3 is 10.1 Å². The predicted molar refractivity (Wildman–Crippen MR) is 76.1 cm³/mol. The van der Waals surface area contributed by atoms with Crippen molar-refractivity contribution in [2.75, 3.05) is 13.2 Å². The molecular formula is C15H23NOS. The Morgan fingerprint density at radius 3 is 2.94 bits per heavy atom. The molecule has 0 aromatic carbocycles. The third kappa shape index (κ3) is 2.95. The molecule has 0 radical (unpaired) electrons. The number of nitrogens with one attached hydrogen (secondary N) is 1. The number of thiophene rings is 1. The molecule has 1 aliphatic carbocycles. The van der Waals surface area contributed by atoms with E-state index in [1.54, 1.807) is 0 Å². The first kappa shape index (κ1) is 12.6. The largest absolute Gasteiger partial charge is 0.372 e. The van der Waals surface area contributed by atoms with E-state index in [4.69, 9.17) is 4.74 Å². The van der Waals surface area contributed by atoms with E-state index >= 15 is 0 Å². The van der Waals surface area contributed by atoms with Crippen molar-refractivity contribution in [2.24, 2.45) is 5.92 Å². The molecule has 2 unspecified atom stereocenters. The first-order valence-electron chi connectivity index (χ1n) is 7.30. The Bertz CT molecular complexity index is 386. The number of ether oxygens (including phenoxy) is 1. The van der Waals surface area contributed by atoms with Crippen LogP contribution < -0.4 is 5.32 Å². The van der Waals surface area contributed by atoms with Crippen LogP contribution in [0.25, 0.3) is 0 Å². The third-order valence-electron chi connectivity index (χ3n) is 4.00. The fraction of sp³-hybridized carbons (Fsp3) is 0.733. The van der Waals surface area contributed by atoms with Gasteiger partial charge in [0.05, 0.1) is 6.10 Å². The van der Waals surface area contributed by atoms with Crippen molar-refractivity contribution < 1.29 is 4.74 Å². The SMILES string of the molecule is CCc1ccc(C2OCCCC2CNC2CC2)s1. The minimum Gasteiger partial charge on any atom is -0.372 e. The molecule has 0 spiro atoms. The Balaban J connectivity index is 1.65. The van der Waals surface area contributed by atoms with Crippen LogP contribution in [0, 0.1) is 5.92 Å². The van der Waals surface area contributed by atoms with E-state index in [0.717, 1.165) is 25.6 Å². The van der Waals surface area contributed by atoms with Crippen LogP contribution >= 0.6 is 11.3 Å². The van der Waals surface area contributed by atoms with Crippen LogP contribution in [-0.4, -0.2) is 19.2 Å². The molecule has 3 heteroatoms. The second-order valence-electron chi connectivity index (χ2n) is 5.53. The van der Waals surface area contributed by atoms with Crippen LogP contribution in [-0.2, 0) is 11.2 Å². The average molecular weight is 265 g/mol. The van der Waals surface area contributed by atoms with Gasteiger partial charge in [-0.1, -0.05) is 6.92 Å². The molecule has 1 saturated carbocycles. The summed E-state index contributed by atoms with van der Waals surface area (Å²) in [5.74, 6) is 0.669. The minimum absolute atomic E-state index is 0.343. The van der Waals surface area contributed by atoms with E-state index in [1.807, 2.05) is 11.3 Å². The van der Waals surface area contributed by atoms with Crippen LogP contribution in [0.4, 0.5) is 0 Å². The van der Waals surface area contributed by atoms with E-state index in [1.165, 1.54) is 35.4 Å². The molecule has 0 bridgehead atoms. The molecule has 1 aromatic rings. The van der Waals surface area contributed by atoms with E-state index in [-0.39, 0.29) is 0 Å². The van der Waals surface area contributed by atoms with E-state index in [0.29, 0.717) is 12.0 Å². The molecule has 3 rings (SSSR count). The number of hydrogen-bond acceptors (Lipinski definition) is 3. The van der Waals surface area contributed by atoms with Gasteiger partial charge >= 0.3 is 0 Å².